The van der Waals surface area contributed by atoms with Crippen LogP contribution in [0.4, 0.5) is 23.2 Å². The largest absolute Gasteiger partial charge is 0.490 e. The van der Waals surface area contributed by atoms with E-state index in [0.29, 0.717) is 53.9 Å². The van der Waals surface area contributed by atoms with Gasteiger partial charge < -0.3 is 41.9 Å². The Hall–Kier alpha value is -6.00. The van der Waals surface area contributed by atoms with Gasteiger partial charge in [0.15, 0.2) is 0 Å². The summed E-state index contributed by atoms with van der Waals surface area (Å²) in [6, 6.07) is 23.8. The summed E-state index contributed by atoms with van der Waals surface area (Å²) < 4.78 is 53.6. The summed E-state index contributed by atoms with van der Waals surface area (Å²) in [7, 11) is 0. The Morgan fingerprint density at radius 1 is 0.964 bits per heavy atom. The van der Waals surface area contributed by atoms with Crippen molar-refractivity contribution in [2.45, 2.75) is 69.3 Å². The van der Waals surface area contributed by atoms with Crippen molar-refractivity contribution in [3.63, 3.8) is 0 Å². The van der Waals surface area contributed by atoms with E-state index in [1.807, 2.05) is 36.4 Å². The van der Waals surface area contributed by atoms with E-state index in [1.54, 1.807) is 12.1 Å². The summed E-state index contributed by atoms with van der Waals surface area (Å²) in [4.78, 5) is 42.1. The number of unbranched alkanes of at least 4 members (excludes halogenated alkanes) is 1. The number of fused-ring (bicyclic) bond motifs is 4. The molecule has 2 aromatic heterocycles. The Kier molecular flexibility index (Phi) is 11.9. The summed E-state index contributed by atoms with van der Waals surface area (Å²) in [5.41, 5.74) is 23.5. The van der Waals surface area contributed by atoms with Gasteiger partial charge in [-0.3, -0.25) is 9.59 Å². The molecule has 7 rings (SSSR count). The lowest BCUT2D eigenvalue weighted by atomic mass is 9.92. The average Bonchev–Trinajstić information content (AvgIpc) is 3.74. The van der Waals surface area contributed by atoms with Crippen molar-refractivity contribution < 1.29 is 41.8 Å². The van der Waals surface area contributed by atoms with E-state index in [0.717, 1.165) is 58.7 Å². The van der Waals surface area contributed by atoms with Crippen LogP contribution in [0.2, 0.25) is 0 Å². The number of halogens is 4. The number of hydrogen-bond acceptors (Lipinski definition) is 8. The second-order valence-corrected chi connectivity index (χ2v) is 13.6. The number of para-hydroxylation sites is 1. The van der Waals surface area contributed by atoms with Gasteiger partial charge >= 0.3 is 18.1 Å². The fraction of sp³-hybridized carbons (Fsp3) is 0.300. The molecule has 0 unspecified atom stereocenters. The van der Waals surface area contributed by atoms with Gasteiger partial charge in [-0.15, -0.1) is 0 Å². The first-order chi connectivity index (χ1) is 26.7. The van der Waals surface area contributed by atoms with Gasteiger partial charge in [-0.1, -0.05) is 36.8 Å². The van der Waals surface area contributed by atoms with Crippen LogP contribution in [0.5, 0.6) is 0 Å². The number of hydrogen-bond donors (Lipinski definition) is 6. The number of carbonyl (C=O) groups excluding carboxylic acids is 2. The Bertz CT molecular complexity index is 2380. The molecule has 0 radical (unpaired) electrons. The maximum atomic E-state index is 14.0. The molecule has 0 spiro atoms. The van der Waals surface area contributed by atoms with E-state index in [9.17, 15) is 27.2 Å². The van der Waals surface area contributed by atoms with Gasteiger partial charge in [0.05, 0.1) is 27.6 Å². The number of primary amides is 1. The van der Waals surface area contributed by atoms with Crippen LogP contribution in [-0.2, 0) is 14.3 Å². The Labute approximate surface area is 318 Å². The maximum Gasteiger partial charge on any atom is 0.490 e. The zero-order chi connectivity index (χ0) is 40.1. The van der Waals surface area contributed by atoms with Crippen LogP contribution in [0.25, 0.3) is 49.9 Å². The molecule has 4 aromatic carbocycles. The average molecular weight is 776 g/mol. The summed E-state index contributed by atoms with van der Waals surface area (Å²) in [6.07, 6.45) is -0.201. The molecule has 294 valence electrons. The van der Waals surface area contributed by atoms with Crippen LogP contribution in [-0.4, -0.2) is 68.4 Å². The number of carboxylic acid groups (broad SMARTS) is 1. The van der Waals surface area contributed by atoms with E-state index >= 15 is 0 Å². The highest BCUT2D eigenvalue weighted by molar-refractivity contribution is 6.15. The third-order valence-electron chi connectivity index (χ3n) is 9.75. The molecule has 1 amide bonds. The van der Waals surface area contributed by atoms with Crippen LogP contribution in [0.15, 0.2) is 78.9 Å². The Morgan fingerprint density at radius 3 is 2.38 bits per heavy atom. The zero-order valence-electron chi connectivity index (χ0n) is 30.1. The topological polar surface area (TPSA) is 204 Å². The van der Waals surface area contributed by atoms with Gasteiger partial charge in [0.2, 0.25) is 0 Å². The van der Waals surface area contributed by atoms with E-state index in [-0.39, 0.29) is 23.9 Å². The first kappa shape index (κ1) is 39.7. The number of ether oxygens (including phenoxy) is 1. The standard InChI is InChI=1S/C38H40FN7O3.C2HF3O2/c39-22-11-18-30-32(20-22)45-37(44-30)28-7-5-10-34-35(28)27-6-1-2-9-33(27)46(34)24-14-17-26(36(42)47)31(21-24)43-23-12-15-25(16-13-23)49-38(48)29(41)8-3-4-19-40;3-2(4,5)1(6)7/h1-2,5-7,9-11,14,17-18,20-21,23,25,29,43H,3-4,8,12-13,15-16,19,40-41H2,(H2,42,47)(H,44,45);(H,6,7)/t23?,25?,29-;/m1./s1. The lowest BCUT2D eigenvalue weighted by Gasteiger charge is -2.30. The fourth-order valence-electron chi connectivity index (χ4n) is 7.03. The van der Waals surface area contributed by atoms with Crippen LogP contribution < -0.4 is 22.5 Å². The van der Waals surface area contributed by atoms with Crippen molar-refractivity contribution in [2.75, 3.05) is 11.9 Å². The van der Waals surface area contributed by atoms with Crippen LogP contribution in [0.3, 0.4) is 0 Å². The molecule has 2 heterocycles. The van der Waals surface area contributed by atoms with Gasteiger partial charge in [0.25, 0.3) is 5.91 Å². The lowest BCUT2D eigenvalue weighted by molar-refractivity contribution is -0.192. The van der Waals surface area contributed by atoms with E-state index in [4.69, 9.17) is 36.8 Å². The van der Waals surface area contributed by atoms with Crippen molar-refractivity contribution in [3.05, 3.63) is 90.2 Å². The normalized spacial score (nSPS) is 16.3. The molecule has 9 N–H and O–H groups in total. The van der Waals surface area contributed by atoms with Crippen LogP contribution >= 0.6 is 0 Å². The molecular weight excluding hydrogens is 734 g/mol. The van der Waals surface area contributed by atoms with E-state index in [1.165, 1.54) is 12.1 Å². The number of H-pyrrole nitrogens is 1. The molecule has 12 nitrogen and oxygen atoms in total. The van der Waals surface area contributed by atoms with Gasteiger partial charge in [0.1, 0.15) is 23.8 Å². The second kappa shape index (κ2) is 16.8. The number of anilines is 1. The van der Waals surface area contributed by atoms with Crippen molar-refractivity contribution >= 4 is 56.4 Å². The van der Waals surface area contributed by atoms with Crippen molar-refractivity contribution in [2.24, 2.45) is 17.2 Å². The molecule has 1 aliphatic carbocycles. The number of nitrogens with one attached hydrogen (secondary N) is 2. The number of nitrogens with two attached hydrogens (primary N) is 3. The molecule has 56 heavy (non-hydrogen) atoms. The SMILES string of the molecule is NCCCC[C@@H](N)C(=O)OC1CCC(Nc2cc(-n3c4ccccc4c4c(-c5nc6ccc(F)cc6[nH]5)cccc43)ccc2C(N)=O)CC1.O=C(O)C(F)(F)F. The van der Waals surface area contributed by atoms with Gasteiger partial charge in [-0.05, 0) is 93.6 Å². The fourth-order valence-corrected chi connectivity index (χ4v) is 7.03. The minimum absolute atomic E-state index is 0.0594. The number of alkyl halides is 3. The summed E-state index contributed by atoms with van der Waals surface area (Å²) in [5.74, 6) is -3.32. The number of amides is 1. The minimum Gasteiger partial charge on any atom is -0.475 e. The van der Waals surface area contributed by atoms with E-state index < -0.39 is 24.1 Å². The first-order valence-electron chi connectivity index (χ1n) is 18.1. The van der Waals surface area contributed by atoms with Gasteiger partial charge in [-0.25, -0.2) is 14.2 Å². The quantitative estimate of drug-likeness (QED) is 0.0459. The zero-order valence-corrected chi connectivity index (χ0v) is 30.1. The van der Waals surface area contributed by atoms with Crippen molar-refractivity contribution in [1.29, 1.82) is 0 Å². The molecule has 1 saturated carbocycles. The van der Waals surface area contributed by atoms with Crippen molar-refractivity contribution in [1.82, 2.24) is 14.5 Å². The van der Waals surface area contributed by atoms with E-state index in [2.05, 4.69) is 33.1 Å². The highest BCUT2D eigenvalue weighted by atomic mass is 19.4. The molecule has 0 saturated heterocycles. The number of aromatic nitrogens is 3. The minimum atomic E-state index is -5.08. The molecule has 6 aromatic rings. The summed E-state index contributed by atoms with van der Waals surface area (Å²) in [6.45, 7) is 0.576. The van der Waals surface area contributed by atoms with Crippen molar-refractivity contribution in [3.8, 4) is 17.1 Å². The number of rotatable bonds is 11. The van der Waals surface area contributed by atoms with Crippen LogP contribution in [0, 0.1) is 5.82 Å². The molecule has 1 aliphatic rings. The number of carbonyl (C=O) groups is 3. The third-order valence-corrected chi connectivity index (χ3v) is 9.75. The molecule has 0 bridgehead atoms. The highest BCUT2D eigenvalue weighted by Crippen LogP contribution is 2.39. The highest BCUT2D eigenvalue weighted by Gasteiger charge is 2.38. The molecule has 16 heteroatoms. The predicted octanol–water partition coefficient (Wildman–Crippen LogP) is 6.92. The number of benzene rings is 4. The van der Waals surface area contributed by atoms with Gasteiger partial charge in [-0.2, -0.15) is 13.2 Å². The van der Waals surface area contributed by atoms with Gasteiger partial charge in [0, 0.05) is 33.8 Å². The summed E-state index contributed by atoms with van der Waals surface area (Å²) in [5, 5.41) is 12.7. The molecule has 1 atom stereocenters. The third kappa shape index (κ3) is 8.76. The number of nitrogens with zero attached hydrogens (tertiary/aromatic N) is 2. The number of aliphatic carboxylic acids is 1. The Morgan fingerprint density at radius 2 is 1.68 bits per heavy atom. The number of esters is 1. The summed E-state index contributed by atoms with van der Waals surface area (Å²) >= 11 is 0. The maximum absolute atomic E-state index is 14.0. The second-order valence-electron chi connectivity index (χ2n) is 13.6. The molecular formula is C40H41F4N7O5. The smallest absolute Gasteiger partial charge is 0.475 e. The number of carboxylic acids is 1. The molecule has 1 fully saturated rings. The monoisotopic (exact) mass is 775 g/mol. The van der Waals surface area contributed by atoms with Crippen LogP contribution in [0.1, 0.15) is 55.3 Å². The predicted molar refractivity (Wildman–Crippen MR) is 205 cm³/mol. The first-order valence-corrected chi connectivity index (χ1v) is 18.1. The number of aromatic amines is 1. The lowest BCUT2D eigenvalue weighted by Crippen LogP contribution is -2.37. The molecule has 0 aliphatic heterocycles. The number of imidazole rings is 1. The Balaban J connectivity index is 0.000000695.